The second-order valence-corrected chi connectivity index (χ2v) is 3.50. The Morgan fingerprint density at radius 2 is 1.71 bits per heavy atom. The number of carbonyl (C=O) groups is 1. The summed E-state index contributed by atoms with van der Waals surface area (Å²) < 4.78 is 12.8. The van der Waals surface area contributed by atoms with E-state index >= 15 is 0 Å². The van der Waals surface area contributed by atoms with E-state index in [1.54, 1.807) is 42.7 Å². The lowest BCUT2D eigenvalue weighted by Crippen LogP contribution is -1.86. The number of aromatic nitrogens is 1. The Morgan fingerprint density at radius 3 is 2.29 bits per heavy atom. The summed E-state index contributed by atoms with van der Waals surface area (Å²) in [4.78, 5) is 14.9. The number of pyridine rings is 1. The lowest BCUT2D eigenvalue weighted by Gasteiger charge is -2.00. The normalized spacial score (nSPS) is 11.2. The van der Waals surface area contributed by atoms with Crippen LogP contribution in [0.3, 0.4) is 0 Å². The van der Waals surface area contributed by atoms with Crippen LogP contribution in [0.5, 0.6) is 0 Å². The van der Waals surface area contributed by atoms with Crippen LogP contribution in [0.15, 0.2) is 48.8 Å². The van der Waals surface area contributed by atoms with Gasteiger partial charge in [0.15, 0.2) is 6.29 Å². The van der Waals surface area contributed by atoms with Crippen LogP contribution in [0.1, 0.15) is 11.1 Å². The first kappa shape index (κ1) is 11.2. The van der Waals surface area contributed by atoms with Crippen molar-refractivity contribution >= 4 is 17.9 Å². The van der Waals surface area contributed by atoms with E-state index in [9.17, 15) is 9.18 Å². The van der Waals surface area contributed by atoms with E-state index in [0.29, 0.717) is 11.1 Å². The number of carbonyl (C=O) groups excluding carboxylic acids is 1. The van der Waals surface area contributed by atoms with Gasteiger partial charge >= 0.3 is 0 Å². The van der Waals surface area contributed by atoms with Crippen LogP contribution >= 0.6 is 0 Å². The standard InChI is InChI=1S/C14H10FNO/c15-14-3-1-12(2-4-14)13(10-17)9-11-5-7-16-8-6-11/h1-10H/b13-9+. The molecule has 0 radical (unpaired) electrons. The Morgan fingerprint density at radius 1 is 1.06 bits per heavy atom. The molecule has 0 N–H and O–H groups in total. The minimum atomic E-state index is -0.317. The zero-order valence-corrected chi connectivity index (χ0v) is 9.01. The second-order valence-electron chi connectivity index (χ2n) is 3.50. The lowest BCUT2D eigenvalue weighted by atomic mass is 10.0. The second kappa shape index (κ2) is 5.16. The molecule has 3 heteroatoms. The molecule has 17 heavy (non-hydrogen) atoms. The highest BCUT2D eigenvalue weighted by Crippen LogP contribution is 2.16. The fourth-order valence-corrected chi connectivity index (χ4v) is 1.47. The van der Waals surface area contributed by atoms with Gasteiger partial charge in [-0.1, -0.05) is 12.1 Å². The molecule has 0 bridgehead atoms. The first-order valence-corrected chi connectivity index (χ1v) is 5.12. The number of allylic oxidation sites excluding steroid dienone is 1. The molecule has 0 saturated heterocycles. The van der Waals surface area contributed by atoms with Crippen LogP contribution < -0.4 is 0 Å². The Bertz CT molecular complexity index is 532. The van der Waals surface area contributed by atoms with Crippen LogP contribution in [0.4, 0.5) is 4.39 Å². The van der Waals surface area contributed by atoms with Crippen molar-refractivity contribution in [3.8, 4) is 0 Å². The molecule has 0 spiro atoms. The highest BCUT2D eigenvalue weighted by Gasteiger charge is 2.00. The molecule has 0 unspecified atom stereocenters. The summed E-state index contributed by atoms with van der Waals surface area (Å²) in [5.41, 5.74) is 2.08. The number of benzene rings is 1. The van der Waals surface area contributed by atoms with Gasteiger partial charge in [0.1, 0.15) is 5.82 Å². The summed E-state index contributed by atoms with van der Waals surface area (Å²) in [5.74, 6) is -0.317. The van der Waals surface area contributed by atoms with Gasteiger partial charge in [-0.15, -0.1) is 0 Å². The van der Waals surface area contributed by atoms with E-state index in [1.165, 1.54) is 12.1 Å². The summed E-state index contributed by atoms with van der Waals surface area (Å²) in [7, 11) is 0. The average Bonchev–Trinajstić information content (AvgIpc) is 2.38. The molecule has 1 aromatic carbocycles. The van der Waals surface area contributed by atoms with Crippen molar-refractivity contribution < 1.29 is 9.18 Å². The van der Waals surface area contributed by atoms with E-state index in [1.807, 2.05) is 0 Å². The largest absolute Gasteiger partial charge is 0.298 e. The molecule has 0 atom stereocenters. The predicted octanol–water partition coefficient (Wildman–Crippen LogP) is 2.96. The Labute approximate surface area is 98.4 Å². The van der Waals surface area contributed by atoms with Crippen molar-refractivity contribution in [1.29, 1.82) is 0 Å². The topological polar surface area (TPSA) is 30.0 Å². The first-order chi connectivity index (χ1) is 8.29. The quantitative estimate of drug-likeness (QED) is 0.596. The number of hydrogen-bond donors (Lipinski definition) is 0. The fraction of sp³-hybridized carbons (Fsp3) is 0. The molecular weight excluding hydrogens is 217 g/mol. The van der Waals surface area contributed by atoms with Crippen LogP contribution in [0, 0.1) is 5.82 Å². The molecule has 2 aromatic rings. The van der Waals surface area contributed by atoms with Crippen molar-refractivity contribution in [3.05, 3.63) is 65.7 Å². The third-order valence-corrected chi connectivity index (χ3v) is 2.33. The highest BCUT2D eigenvalue weighted by molar-refractivity contribution is 6.13. The van der Waals surface area contributed by atoms with Crippen LogP contribution in [-0.4, -0.2) is 11.3 Å². The molecule has 0 saturated carbocycles. The third-order valence-electron chi connectivity index (χ3n) is 2.33. The molecule has 0 fully saturated rings. The number of nitrogens with zero attached hydrogens (tertiary/aromatic N) is 1. The van der Waals surface area contributed by atoms with E-state index in [2.05, 4.69) is 4.98 Å². The maximum absolute atomic E-state index is 12.8. The van der Waals surface area contributed by atoms with E-state index in [4.69, 9.17) is 0 Å². The van der Waals surface area contributed by atoms with Crippen molar-refractivity contribution in [2.45, 2.75) is 0 Å². The summed E-state index contributed by atoms with van der Waals surface area (Å²) >= 11 is 0. The van der Waals surface area contributed by atoms with Gasteiger partial charge in [0.2, 0.25) is 0 Å². The molecule has 1 aromatic heterocycles. The number of rotatable bonds is 3. The molecule has 0 aliphatic rings. The first-order valence-electron chi connectivity index (χ1n) is 5.12. The maximum atomic E-state index is 12.8. The average molecular weight is 227 g/mol. The van der Waals surface area contributed by atoms with Gasteiger partial charge in [-0.3, -0.25) is 9.78 Å². The molecule has 84 valence electrons. The van der Waals surface area contributed by atoms with E-state index in [0.717, 1.165) is 11.8 Å². The van der Waals surface area contributed by atoms with Gasteiger partial charge < -0.3 is 0 Å². The van der Waals surface area contributed by atoms with Gasteiger partial charge in [-0.25, -0.2) is 4.39 Å². The van der Waals surface area contributed by atoms with Gasteiger partial charge in [-0.05, 0) is 41.5 Å². The summed E-state index contributed by atoms with van der Waals surface area (Å²) in [6.07, 6.45) is 5.80. The minimum Gasteiger partial charge on any atom is -0.298 e. The van der Waals surface area contributed by atoms with Gasteiger partial charge in [0.05, 0.1) is 0 Å². The molecule has 2 rings (SSSR count). The summed E-state index contributed by atoms with van der Waals surface area (Å²) in [5, 5.41) is 0. The molecular formula is C14H10FNO. The van der Waals surface area contributed by atoms with Crippen molar-refractivity contribution in [3.63, 3.8) is 0 Å². The smallest absolute Gasteiger partial charge is 0.150 e. The molecule has 0 aliphatic heterocycles. The van der Waals surface area contributed by atoms with Crippen LogP contribution in [0.25, 0.3) is 11.6 Å². The Kier molecular flexibility index (Phi) is 3.40. The van der Waals surface area contributed by atoms with Gasteiger partial charge in [0, 0.05) is 18.0 Å². The fourth-order valence-electron chi connectivity index (χ4n) is 1.47. The van der Waals surface area contributed by atoms with Gasteiger partial charge in [-0.2, -0.15) is 0 Å². The molecule has 0 amide bonds. The number of aldehydes is 1. The zero-order valence-electron chi connectivity index (χ0n) is 9.01. The SMILES string of the molecule is O=C/C(=C\c1ccncc1)c1ccc(F)cc1. The molecule has 2 nitrogen and oxygen atoms in total. The summed E-state index contributed by atoms with van der Waals surface area (Å²) in [6.45, 7) is 0. The Balaban J connectivity index is 2.37. The molecule has 1 heterocycles. The van der Waals surface area contributed by atoms with E-state index in [-0.39, 0.29) is 5.82 Å². The van der Waals surface area contributed by atoms with Gasteiger partial charge in [0.25, 0.3) is 0 Å². The number of halogens is 1. The minimum absolute atomic E-state index is 0.317. The maximum Gasteiger partial charge on any atom is 0.150 e. The Hall–Kier alpha value is -2.29. The van der Waals surface area contributed by atoms with Crippen molar-refractivity contribution in [2.24, 2.45) is 0 Å². The zero-order chi connectivity index (χ0) is 12.1. The van der Waals surface area contributed by atoms with Crippen molar-refractivity contribution in [2.75, 3.05) is 0 Å². The van der Waals surface area contributed by atoms with Crippen LogP contribution in [-0.2, 0) is 4.79 Å². The van der Waals surface area contributed by atoms with Crippen molar-refractivity contribution in [1.82, 2.24) is 4.98 Å². The number of hydrogen-bond acceptors (Lipinski definition) is 2. The van der Waals surface area contributed by atoms with E-state index < -0.39 is 0 Å². The molecule has 0 aliphatic carbocycles. The predicted molar refractivity (Wildman–Crippen MR) is 64.6 cm³/mol. The lowest BCUT2D eigenvalue weighted by molar-refractivity contribution is -0.103. The monoisotopic (exact) mass is 227 g/mol. The van der Waals surface area contributed by atoms with Crippen LogP contribution in [0.2, 0.25) is 0 Å². The third kappa shape index (κ3) is 2.84. The summed E-state index contributed by atoms with van der Waals surface area (Å²) in [6, 6.07) is 9.42. The highest BCUT2D eigenvalue weighted by atomic mass is 19.1.